The van der Waals surface area contributed by atoms with Gasteiger partial charge in [-0.2, -0.15) is 0 Å². The molecule has 3 aliphatic rings. The van der Waals surface area contributed by atoms with Crippen LogP contribution in [0, 0.1) is 0 Å². The Morgan fingerprint density at radius 1 is 0.700 bits per heavy atom. The first-order valence-corrected chi connectivity index (χ1v) is 12.4. The summed E-state index contributed by atoms with van der Waals surface area (Å²) in [6.07, 6.45) is -18.0. The lowest BCUT2D eigenvalue weighted by Gasteiger charge is -2.48. The topological polar surface area (TPSA) is 344 Å². The molecule has 0 aromatic carbocycles. The SMILES string of the molecule is CC(O)C(=O)O.N[C@H]1[C@H](OC2[C@@H](CO)O[C@@H](OC3[C@@H](CO)O[C@@H](O)[C@H](N)[C@H]3O)[C@H](N)[C@H]2O)O[C@H](CO)[C@@H](O)[C@@H]1O. The van der Waals surface area contributed by atoms with Crippen LogP contribution in [0.2, 0.25) is 0 Å². The third-order valence-corrected chi connectivity index (χ3v) is 6.69. The predicted octanol–water partition coefficient (Wildman–Crippen LogP) is -8.22. The van der Waals surface area contributed by atoms with Crippen LogP contribution in [0.15, 0.2) is 0 Å². The fraction of sp³-hybridized carbons (Fsp3) is 0.952. The molecule has 40 heavy (non-hydrogen) atoms. The molecule has 3 unspecified atom stereocenters. The van der Waals surface area contributed by atoms with Gasteiger partial charge in [-0.3, -0.25) is 0 Å². The van der Waals surface area contributed by atoms with E-state index in [9.17, 15) is 45.6 Å². The van der Waals surface area contributed by atoms with Crippen molar-refractivity contribution in [2.75, 3.05) is 19.8 Å². The molecular weight excluding hydrogens is 550 g/mol. The fourth-order valence-corrected chi connectivity index (χ4v) is 4.18. The largest absolute Gasteiger partial charge is 0.479 e. The average molecular weight is 592 g/mol. The Kier molecular flexibility index (Phi) is 13.4. The highest BCUT2D eigenvalue weighted by Crippen LogP contribution is 2.31. The van der Waals surface area contributed by atoms with E-state index in [4.69, 9.17) is 51.1 Å². The van der Waals surface area contributed by atoms with Gasteiger partial charge < -0.3 is 92.0 Å². The quantitative estimate of drug-likeness (QED) is 0.124. The first-order chi connectivity index (χ1) is 18.7. The molecule has 0 aromatic heterocycles. The maximum Gasteiger partial charge on any atom is 0.332 e. The van der Waals surface area contributed by atoms with Crippen molar-refractivity contribution in [3.8, 4) is 0 Å². The van der Waals surface area contributed by atoms with Gasteiger partial charge in [-0.1, -0.05) is 0 Å². The van der Waals surface area contributed by atoms with Crippen molar-refractivity contribution in [3.63, 3.8) is 0 Å². The number of carbonyl (C=O) groups is 1. The van der Waals surface area contributed by atoms with E-state index in [1.807, 2.05) is 0 Å². The zero-order valence-corrected chi connectivity index (χ0v) is 21.5. The van der Waals surface area contributed by atoms with E-state index in [2.05, 4.69) is 0 Å². The van der Waals surface area contributed by atoms with Gasteiger partial charge in [0.25, 0.3) is 0 Å². The summed E-state index contributed by atoms with van der Waals surface area (Å²) >= 11 is 0. The minimum Gasteiger partial charge on any atom is -0.479 e. The van der Waals surface area contributed by atoms with Crippen molar-refractivity contribution in [2.45, 2.75) is 105 Å². The van der Waals surface area contributed by atoms with E-state index >= 15 is 0 Å². The lowest BCUT2D eigenvalue weighted by atomic mass is 9.94. The second kappa shape index (κ2) is 15.3. The number of aliphatic hydroxyl groups is 9. The highest BCUT2D eigenvalue weighted by molar-refractivity contribution is 5.71. The summed E-state index contributed by atoms with van der Waals surface area (Å²) in [5.41, 5.74) is 17.6. The molecule has 0 amide bonds. The lowest BCUT2D eigenvalue weighted by molar-refractivity contribution is -0.348. The van der Waals surface area contributed by atoms with Crippen molar-refractivity contribution in [2.24, 2.45) is 17.2 Å². The number of nitrogens with two attached hydrogens (primary N) is 3. The maximum atomic E-state index is 10.8. The molecule has 19 nitrogen and oxygen atoms in total. The normalized spacial score (nSPS) is 46.7. The molecule has 0 spiro atoms. The molecule has 3 heterocycles. The standard InChI is InChI=1S/C18H35N3O13.C3H6O3/c19-7-12(27)14(5(2-23)30-16(7)29)33-18-9(21)13(28)15(6(3-24)32-18)34-17-8(20)11(26)10(25)4(1-22)31-17;1-2(4)3(5)6/h4-18,22-29H,1-3,19-21H2;2,4H,1H3,(H,5,6)/t4-,5-,6-,7-,8-,9-,10-,11-,12-,13-,14?,15?,16-,17+,18+;/m1./s1. The molecule has 0 aliphatic carbocycles. The van der Waals surface area contributed by atoms with Crippen LogP contribution in [-0.2, 0) is 28.5 Å². The first-order valence-electron chi connectivity index (χ1n) is 12.4. The van der Waals surface area contributed by atoms with Crippen LogP contribution in [0.4, 0.5) is 0 Å². The highest BCUT2D eigenvalue weighted by Gasteiger charge is 2.52. The van der Waals surface area contributed by atoms with Crippen LogP contribution >= 0.6 is 0 Å². The summed E-state index contributed by atoms with van der Waals surface area (Å²) in [7, 11) is 0. The van der Waals surface area contributed by atoms with E-state index in [1.54, 1.807) is 0 Å². The number of carboxylic acid groups (broad SMARTS) is 1. The van der Waals surface area contributed by atoms with Gasteiger partial charge in [0.15, 0.2) is 18.9 Å². The molecule has 19 heteroatoms. The number of aliphatic carboxylic acids is 1. The Hall–Kier alpha value is -1.21. The third kappa shape index (κ3) is 7.99. The third-order valence-electron chi connectivity index (χ3n) is 6.69. The number of hydrogen-bond donors (Lipinski definition) is 13. The molecule has 3 fully saturated rings. The molecular formula is C21H41N3O16. The van der Waals surface area contributed by atoms with Crippen molar-refractivity contribution in [1.29, 1.82) is 0 Å². The number of rotatable bonds is 8. The highest BCUT2D eigenvalue weighted by atomic mass is 16.7. The van der Waals surface area contributed by atoms with E-state index < -0.39 is 124 Å². The zero-order chi connectivity index (χ0) is 30.5. The van der Waals surface area contributed by atoms with Gasteiger partial charge >= 0.3 is 5.97 Å². The molecule has 0 bridgehead atoms. The van der Waals surface area contributed by atoms with E-state index in [0.717, 1.165) is 0 Å². The van der Waals surface area contributed by atoms with Crippen molar-refractivity contribution < 1.29 is 79.5 Å². The molecule has 16 N–H and O–H groups in total. The van der Waals surface area contributed by atoms with Crippen molar-refractivity contribution >= 4 is 5.97 Å². The van der Waals surface area contributed by atoms with E-state index in [1.165, 1.54) is 6.92 Å². The van der Waals surface area contributed by atoms with Crippen LogP contribution in [0.25, 0.3) is 0 Å². The number of hydrogen-bond acceptors (Lipinski definition) is 18. The van der Waals surface area contributed by atoms with Crippen LogP contribution < -0.4 is 17.2 Å². The molecule has 0 aromatic rings. The Balaban J connectivity index is 0.000000840. The lowest BCUT2D eigenvalue weighted by Crippen LogP contribution is -2.69. The molecule has 3 aliphatic heterocycles. The van der Waals surface area contributed by atoms with E-state index in [-0.39, 0.29) is 0 Å². The van der Waals surface area contributed by atoms with Crippen molar-refractivity contribution in [1.82, 2.24) is 0 Å². The van der Waals surface area contributed by atoms with Crippen LogP contribution in [0.5, 0.6) is 0 Å². The molecule has 0 saturated carbocycles. The van der Waals surface area contributed by atoms with Gasteiger partial charge in [0, 0.05) is 0 Å². The van der Waals surface area contributed by atoms with Gasteiger partial charge in [0.1, 0.15) is 61.0 Å². The van der Waals surface area contributed by atoms with Crippen LogP contribution in [-0.4, -0.2) is 175 Å². The predicted molar refractivity (Wildman–Crippen MR) is 126 cm³/mol. The summed E-state index contributed by atoms with van der Waals surface area (Å²) in [4.78, 5) is 9.45. The molecule has 3 rings (SSSR count). The van der Waals surface area contributed by atoms with Crippen LogP contribution in [0.1, 0.15) is 6.92 Å². The van der Waals surface area contributed by atoms with Gasteiger partial charge in [-0.15, -0.1) is 0 Å². The number of carboxylic acids is 1. The summed E-state index contributed by atoms with van der Waals surface area (Å²) in [5.74, 6) is -1.19. The Morgan fingerprint density at radius 2 is 1.07 bits per heavy atom. The minimum atomic E-state index is -1.56. The van der Waals surface area contributed by atoms with Crippen molar-refractivity contribution in [3.05, 3.63) is 0 Å². The number of aliphatic hydroxyl groups excluding tert-OH is 9. The fourth-order valence-electron chi connectivity index (χ4n) is 4.18. The Labute approximate surface area is 228 Å². The molecule has 3 saturated heterocycles. The van der Waals surface area contributed by atoms with Gasteiger partial charge in [0.2, 0.25) is 0 Å². The van der Waals surface area contributed by atoms with Gasteiger partial charge in [-0.05, 0) is 6.92 Å². The number of ether oxygens (including phenoxy) is 5. The molecule has 236 valence electrons. The summed E-state index contributed by atoms with van der Waals surface area (Å²) < 4.78 is 27.4. The maximum absolute atomic E-state index is 10.8. The molecule has 16 atom stereocenters. The van der Waals surface area contributed by atoms with E-state index in [0.29, 0.717) is 0 Å². The summed E-state index contributed by atoms with van der Waals surface area (Å²) in [6.45, 7) is -0.803. The summed E-state index contributed by atoms with van der Waals surface area (Å²) in [6, 6.07) is -3.87. The smallest absolute Gasteiger partial charge is 0.332 e. The second-order valence-electron chi connectivity index (χ2n) is 9.61. The minimum absolute atomic E-state index is 0.651. The first kappa shape index (κ1) is 35.0. The van der Waals surface area contributed by atoms with Gasteiger partial charge in [0.05, 0.1) is 37.9 Å². The molecule has 0 radical (unpaired) electrons. The zero-order valence-electron chi connectivity index (χ0n) is 21.5. The second-order valence-corrected chi connectivity index (χ2v) is 9.61. The Morgan fingerprint density at radius 3 is 1.50 bits per heavy atom. The monoisotopic (exact) mass is 591 g/mol. The Bertz CT molecular complexity index is 778. The van der Waals surface area contributed by atoms with Crippen LogP contribution in [0.3, 0.4) is 0 Å². The van der Waals surface area contributed by atoms with Gasteiger partial charge in [-0.25, -0.2) is 4.79 Å². The average Bonchev–Trinajstić information content (AvgIpc) is 2.92. The summed E-state index contributed by atoms with van der Waals surface area (Å²) in [5, 5.41) is 95.4.